The Kier molecular flexibility index (Phi) is 7.14. The predicted molar refractivity (Wildman–Crippen MR) is 75.7 cm³/mol. The van der Waals surface area contributed by atoms with Crippen LogP contribution in [0, 0.1) is 11.8 Å². The molecule has 7 heteroatoms. The summed E-state index contributed by atoms with van der Waals surface area (Å²) in [4.78, 5) is 35.6. The molecule has 1 aliphatic rings. The van der Waals surface area contributed by atoms with Crippen molar-refractivity contribution in [2.45, 2.75) is 32.6 Å². The minimum absolute atomic E-state index is 0.0309. The largest absolute Gasteiger partial charge is 0.481 e. The molecular formula is C14H24N2O5. The van der Waals surface area contributed by atoms with Crippen LogP contribution in [0.15, 0.2) is 0 Å². The Bertz CT molecular complexity index is 380. The van der Waals surface area contributed by atoms with E-state index in [1.165, 1.54) is 4.90 Å². The Hall–Kier alpha value is -1.63. The maximum Gasteiger partial charge on any atom is 0.323 e. The highest BCUT2D eigenvalue weighted by Crippen LogP contribution is 2.15. The molecule has 0 aromatic rings. The molecule has 120 valence electrons. The lowest BCUT2D eigenvalue weighted by molar-refractivity contribution is -0.138. The molecule has 1 unspecified atom stereocenters. The summed E-state index contributed by atoms with van der Waals surface area (Å²) in [6.45, 7) is 3.69. The second-order valence-corrected chi connectivity index (χ2v) is 5.70. The van der Waals surface area contributed by atoms with Gasteiger partial charge in [0.2, 0.25) is 5.91 Å². The summed E-state index contributed by atoms with van der Waals surface area (Å²) < 4.78 is 5.26. The zero-order valence-corrected chi connectivity index (χ0v) is 12.6. The lowest BCUT2D eigenvalue weighted by Crippen LogP contribution is -2.43. The normalized spacial score (nSPS) is 17.0. The number of carboxylic acids is 1. The van der Waals surface area contributed by atoms with Crippen molar-refractivity contribution >= 4 is 17.9 Å². The molecule has 0 radical (unpaired) electrons. The van der Waals surface area contributed by atoms with Gasteiger partial charge in [0.05, 0.1) is 0 Å². The number of carboxylic acid groups (broad SMARTS) is 1. The van der Waals surface area contributed by atoms with Crippen LogP contribution in [0.1, 0.15) is 32.6 Å². The fraction of sp³-hybridized carbons (Fsp3) is 0.786. The third-order valence-corrected chi connectivity index (χ3v) is 3.52. The molecule has 1 fully saturated rings. The molecular weight excluding hydrogens is 276 g/mol. The second kappa shape index (κ2) is 8.61. The van der Waals surface area contributed by atoms with Crippen LogP contribution in [-0.2, 0) is 14.3 Å². The van der Waals surface area contributed by atoms with E-state index in [1.54, 1.807) is 14.0 Å². The number of hydrogen-bond donors (Lipinski definition) is 2. The summed E-state index contributed by atoms with van der Waals surface area (Å²) in [5, 5.41) is 10.9. The Morgan fingerprint density at radius 3 is 2.48 bits per heavy atom. The van der Waals surface area contributed by atoms with Gasteiger partial charge in [0.15, 0.2) is 0 Å². The summed E-state index contributed by atoms with van der Waals surface area (Å²) in [6.07, 6.45) is 1.78. The third-order valence-electron chi connectivity index (χ3n) is 3.52. The number of amides is 3. The quantitative estimate of drug-likeness (QED) is 0.765. The van der Waals surface area contributed by atoms with Gasteiger partial charge in [-0.05, 0) is 24.7 Å². The van der Waals surface area contributed by atoms with E-state index in [0.29, 0.717) is 25.7 Å². The number of urea groups is 1. The molecule has 1 rings (SSSR count). The monoisotopic (exact) mass is 300 g/mol. The zero-order chi connectivity index (χ0) is 15.8. The molecule has 0 saturated carbocycles. The lowest BCUT2D eigenvalue weighted by atomic mass is 10.00. The highest BCUT2D eigenvalue weighted by Gasteiger charge is 2.20. The molecule has 7 nitrogen and oxygen atoms in total. The zero-order valence-electron chi connectivity index (χ0n) is 12.6. The van der Waals surface area contributed by atoms with Crippen molar-refractivity contribution < 1.29 is 24.2 Å². The molecule has 0 bridgehead atoms. The molecule has 0 spiro atoms. The molecule has 1 atom stereocenters. The summed E-state index contributed by atoms with van der Waals surface area (Å²) in [5.74, 6) is -1.28. The first-order valence-electron chi connectivity index (χ1n) is 7.23. The van der Waals surface area contributed by atoms with Gasteiger partial charge in [-0.1, -0.05) is 6.92 Å². The number of carbonyl (C=O) groups excluding carboxylic acids is 2. The summed E-state index contributed by atoms with van der Waals surface area (Å²) in [5.41, 5.74) is 0. The van der Waals surface area contributed by atoms with Gasteiger partial charge in [-0.2, -0.15) is 0 Å². The van der Waals surface area contributed by atoms with Crippen molar-refractivity contribution in [3.8, 4) is 0 Å². The third kappa shape index (κ3) is 7.08. The maximum atomic E-state index is 11.9. The average Bonchev–Trinajstić information content (AvgIpc) is 2.38. The van der Waals surface area contributed by atoms with Crippen LogP contribution in [0.2, 0.25) is 0 Å². The lowest BCUT2D eigenvalue weighted by Gasteiger charge is -2.27. The molecule has 21 heavy (non-hydrogen) atoms. The Morgan fingerprint density at radius 2 is 1.90 bits per heavy atom. The van der Waals surface area contributed by atoms with Gasteiger partial charge >= 0.3 is 12.0 Å². The predicted octanol–water partition coefficient (Wildman–Crippen LogP) is 1.08. The molecule has 1 heterocycles. The van der Waals surface area contributed by atoms with Crippen LogP contribution in [-0.4, -0.2) is 54.7 Å². The van der Waals surface area contributed by atoms with E-state index in [4.69, 9.17) is 9.84 Å². The number of hydrogen-bond acceptors (Lipinski definition) is 4. The first-order valence-corrected chi connectivity index (χ1v) is 7.23. The second-order valence-electron chi connectivity index (χ2n) is 5.70. The number of ether oxygens (including phenoxy) is 1. The van der Waals surface area contributed by atoms with Gasteiger partial charge in [-0.25, -0.2) is 4.79 Å². The average molecular weight is 300 g/mol. The van der Waals surface area contributed by atoms with Crippen LogP contribution < -0.4 is 5.32 Å². The van der Waals surface area contributed by atoms with Crippen molar-refractivity contribution in [1.29, 1.82) is 0 Å². The fourth-order valence-corrected chi connectivity index (χ4v) is 2.35. The first kappa shape index (κ1) is 17.4. The van der Waals surface area contributed by atoms with Crippen molar-refractivity contribution in [2.24, 2.45) is 11.8 Å². The van der Waals surface area contributed by atoms with Gasteiger partial charge in [0.1, 0.15) is 0 Å². The Labute approximate surface area is 124 Å². The summed E-state index contributed by atoms with van der Waals surface area (Å²) >= 11 is 0. The topological polar surface area (TPSA) is 95.9 Å². The number of rotatable bonds is 6. The van der Waals surface area contributed by atoms with E-state index in [9.17, 15) is 14.4 Å². The molecule has 2 N–H and O–H groups in total. The minimum Gasteiger partial charge on any atom is -0.481 e. The minimum atomic E-state index is -0.946. The first-order chi connectivity index (χ1) is 9.88. The fourth-order valence-electron chi connectivity index (χ4n) is 2.35. The van der Waals surface area contributed by atoms with Crippen molar-refractivity contribution in [3.05, 3.63) is 0 Å². The van der Waals surface area contributed by atoms with Crippen LogP contribution in [0.5, 0.6) is 0 Å². The van der Waals surface area contributed by atoms with Gasteiger partial charge in [-0.15, -0.1) is 0 Å². The van der Waals surface area contributed by atoms with Gasteiger partial charge in [-0.3, -0.25) is 14.9 Å². The maximum absolute atomic E-state index is 11.9. The number of aliphatic carboxylic acids is 1. The van der Waals surface area contributed by atoms with Crippen LogP contribution in [0.3, 0.4) is 0 Å². The van der Waals surface area contributed by atoms with Crippen molar-refractivity contribution in [1.82, 2.24) is 10.2 Å². The van der Waals surface area contributed by atoms with E-state index in [2.05, 4.69) is 5.32 Å². The number of nitrogens with one attached hydrogen (secondary N) is 1. The summed E-state index contributed by atoms with van der Waals surface area (Å²) in [6, 6.07) is -0.436. The van der Waals surface area contributed by atoms with E-state index < -0.39 is 17.9 Å². The van der Waals surface area contributed by atoms with Crippen LogP contribution >= 0.6 is 0 Å². The van der Waals surface area contributed by atoms with Gasteiger partial charge < -0.3 is 14.7 Å². The summed E-state index contributed by atoms with van der Waals surface area (Å²) in [7, 11) is 1.65. The smallest absolute Gasteiger partial charge is 0.323 e. The molecule has 1 saturated heterocycles. The molecule has 0 aliphatic carbocycles. The van der Waals surface area contributed by atoms with Gasteiger partial charge in [0.25, 0.3) is 0 Å². The number of nitrogens with zero attached hydrogens (tertiary/aromatic N) is 1. The van der Waals surface area contributed by atoms with Gasteiger partial charge in [0, 0.05) is 39.6 Å². The standard InChI is InChI=1S/C14H24N2O5/c1-10(8-13(18)19)7-12(17)15-14(20)16(2)9-11-3-5-21-6-4-11/h10-11H,3-9H2,1-2H3,(H,18,19)(H,15,17,20). The Morgan fingerprint density at radius 1 is 1.29 bits per heavy atom. The van der Waals surface area contributed by atoms with Crippen molar-refractivity contribution in [2.75, 3.05) is 26.8 Å². The SMILES string of the molecule is CC(CC(=O)O)CC(=O)NC(=O)N(C)CC1CCOCC1. The van der Waals surface area contributed by atoms with Crippen LogP contribution in [0.25, 0.3) is 0 Å². The van der Waals surface area contributed by atoms with Crippen LogP contribution in [0.4, 0.5) is 4.79 Å². The highest BCUT2D eigenvalue weighted by molar-refractivity contribution is 5.94. The van der Waals surface area contributed by atoms with Crippen molar-refractivity contribution in [3.63, 3.8) is 0 Å². The molecule has 1 aliphatic heterocycles. The molecule has 0 aromatic carbocycles. The molecule has 0 aromatic heterocycles. The molecule has 3 amide bonds. The number of imide groups is 1. The Balaban J connectivity index is 2.30. The van der Waals surface area contributed by atoms with E-state index in [1.807, 2.05) is 0 Å². The van der Waals surface area contributed by atoms with E-state index >= 15 is 0 Å². The van der Waals surface area contributed by atoms with E-state index in [-0.39, 0.29) is 18.8 Å². The highest BCUT2D eigenvalue weighted by atomic mass is 16.5. The number of carbonyl (C=O) groups is 3. The van der Waals surface area contributed by atoms with E-state index in [0.717, 1.165) is 12.8 Å².